The van der Waals surface area contributed by atoms with Crippen molar-refractivity contribution in [3.63, 3.8) is 0 Å². The number of benzene rings is 2. The van der Waals surface area contributed by atoms with E-state index in [-0.39, 0.29) is 11.7 Å². The summed E-state index contributed by atoms with van der Waals surface area (Å²) in [5.74, 6) is 1.07. The van der Waals surface area contributed by atoms with E-state index in [1.807, 2.05) is 29.8 Å². The van der Waals surface area contributed by atoms with Crippen molar-refractivity contribution in [2.45, 2.75) is 31.2 Å². The van der Waals surface area contributed by atoms with Gasteiger partial charge in [-0.25, -0.2) is 14.4 Å². The molecule has 6 nitrogen and oxygen atoms in total. The maximum atomic E-state index is 13.3. The number of methoxy groups -OCH3 is 1. The second-order valence-electron chi connectivity index (χ2n) is 7.51. The molecule has 0 N–H and O–H groups in total. The summed E-state index contributed by atoms with van der Waals surface area (Å²) < 4.78 is 21.6. The van der Waals surface area contributed by atoms with Crippen molar-refractivity contribution in [2.75, 3.05) is 24.3 Å². The zero-order chi connectivity index (χ0) is 23.2. The largest absolute Gasteiger partial charge is 0.494 e. The fourth-order valence-electron chi connectivity index (χ4n) is 3.46. The molecule has 4 aromatic rings. The average molecular weight is 485 g/mol. The number of imidazole rings is 1. The molecule has 2 heterocycles. The van der Waals surface area contributed by atoms with Crippen LogP contribution < -0.4 is 9.64 Å². The third-order valence-electron chi connectivity index (χ3n) is 5.20. The maximum Gasteiger partial charge on any atom is 0.229 e. The highest BCUT2D eigenvalue weighted by Crippen LogP contribution is 2.36. The average Bonchev–Trinajstić information content (AvgIpc) is 3.49. The monoisotopic (exact) mass is 484 g/mol. The molecule has 0 aliphatic heterocycles. The first-order valence-electron chi connectivity index (χ1n) is 10.6. The van der Waals surface area contributed by atoms with Gasteiger partial charge in [0.1, 0.15) is 17.1 Å². The SMILES string of the molecule is COc1ccc(C)c2sc(N(CCCn3ccnc3)C(=O)CCSc3ccc(F)cc3)nc12. The lowest BCUT2D eigenvalue weighted by Gasteiger charge is -2.20. The molecule has 0 saturated heterocycles. The van der Waals surface area contributed by atoms with Gasteiger partial charge >= 0.3 is 0 Å². The first kappa shape index (κ1) is 23.3. The van der Waals surface area contributed by atoms with Crippen LogP contribution in [0.2, 0.25) is 0 Å². The van der Waals surface area contributed by atoms with Gasteiger partial charge < -0.3 is 9.30 Å². The summed E-state index contributed by atoms with van der Waals surface area (Å²) in [6.07, 6.45) is 6.57. The van der Waals surface area contributed by atoms with E-state index in [4.69, 9.17) is 9.72 Å². The number of thioether (sulfide) groups is 1. The van der Waals surface area contributed by atoms with Gasteiger partial charge in [-0.2, -0.15) is 0 Å². The molecule has 0 aliphatic rings. The van der Waals surface area contributed by atoms with Crippen LogP contribution in [0, 0.1) is 12.7 Å². The third-order valence-corrected chi connectivity index (χ3v) is 7.43. The third kappa shape index (κ3) is 5.72. The van der Waals surface area contributed by atoms with Gasteiger partial charge in [0, 0.05) is 42.6 Å². The van der Waals surface area contributed by atoms with Crippen molar-refractivity contribution in [3.8, 4) is 5.75 Å². The number of carbonyl (C=O) groups is 1. The Hall–Kier alpha value is -2.91. The van der Waals surface area contributed by atoms with Crippen LogP contribution in [-0.4, -0.2) is 39.8 Å². The lowest BCUT2D eigenvalue weighted by Crippen LogP contribution is -2.32. The van der Waals surface area contributed by atoms with E-state index >= 15 is 0 Å². The molecule has 0 unspecified atom stereocenters. The molecule has 0 atom stereocenters. The number of halogens is 1. The molecule has 33 heavy (non-hydrogen) atoms. The molecule has 0 fully saturated rings. The molecule has 0 bridgehead atoms. The van der Waals surface area contributed by atoms with Gasteiger partial charge in [-0.15, -0.1) is 11.8 Å². The van der Waals surface area contributed by atoms with E-state index in [0.717, 1.165) is 33.6 Å². The van der Waals surface area contributed by atoms with E-state index in [1.165, 1.54) is 23.5 Å². The highest BCUT2D eigenvalue weighted by molar-refractivity contribution is 7.99. The Labute approximate surface area is 200 Å². The smallest absolute Gasteiger partial charge is 0.229 e. The standard InChI is InChI=1S/C24H25FN4O2S2/c1-17-4-9-20(31-2)22-23(17)33-24(27-22)29(13-3-12-28-14-11-26-16-28)21(30)10-15-32-19-7-5-18(25)6-8-19/h4-9,11,14,16H,3,10,12-13,15H2,1-2H3. The first-order valence-corrected chi connectivity index (χ1v) is 12.4. The number of amides is 1. The van der Waals surface area contributed by atoms with Gasteiger partial charge in [-0.1, -0.05) is 17.4 Å². The summed E-state index contributed by atoms with van der Waals surface area (Å²) in [5, 5.41) is 0.681. The van der Waals surface area contributed by atoms with Gasteiger partial charge in [-0.05, 0) is 49.2 Å². The number of rotatable bonds is 10. The summed E-state index contributed by atoms with van der Waals surface area (Å²) in [7, 11) is 1.63. The van der Waals surface area contributed by atoms with E-state index in [1.54, 1.807) is 48.4 Å². The normalized spacial score (nSPS) is 11.1. The van der Waals surface area contributed by atoms with Crippen LogP contribution in [-0.2, 0) is 11.3 Å². The number of carbonyl (C=O) groups excluding carboxylic acids is 1. The summed E-state index contributed by atoms with van der Waals surface area (Å²) in [5.41, 5.74) is 1.89. The van der Waals surface area contributed by atoms with Gasteiger partial charge in [0.05, 0.1) is 18.1 Å². The number of anilines is 1. The van der Waals surface area contributed by atoms with Crippen LogP contribution in [0.5, 0.6) is 5.75 Å². The quantitative estimate of drug-likeness (QED) is 0.276. The molecule has 0 radical (unpaired) electrons. The maximum absolute atomic E-state index is 13.3. The number of nitrogens with zero attached hydrogens (tertiary/aromatic N) is 4. The van der Waals surface area contributed by atoms with Crippen LogP contribution in [0.25, 0.3) is 10.2 Å². The number of fused-ring (bicyclic) bond motifs is 1. The Bertz CT molecular complexity index is 1210. The Morgan fingerprint density at radius 2 is 2.06 bits per heavy atom. The molecule has 2 aromatic heterocycles. The van der Waals surface area contributed by atoms with Crippen molar-refractivity contribution in [1.82, 2.24) is 14.5 Å². The molecule has 0 saturated carbocycles. The molecule has 0 spiro atoms. The zero-order valence-corrected chi connectivity index (χ0v) is 20.2. The topological polar surface area (TPSA) is 60.2 Å². The van der Waals surface area contributed by atoms with Crippen molar-refractivity contribution in [3.05, 3.63) is 66.5 Å². The predicted molar refractivity (Wildman–Crippen MR) is 132 cm³/mol. The summed E-state index contributed by atoms with van der Waals surface area (Å²) >= 11 is 3.06. The number of aryl methyl sites for hydroxylation is 2. The minimum atomic E-state index is -0.263. The van der Waals surface area contributed by atoms with Crippen LogP contribution in [0.1, 0.15) is 18.4 Å². The molecular formula is C24H25FN4O2S2. The molecule has 0 aliphatic carbocycles. The summed E-state index contributed by atoms with van der Waals surface area (Å²) in [6, 6.07) is 10.2. The van der Waals surface area contributed by atoms with Crippen LogP contribution in [0.15, 0.2) is 60.0 Å². The lowest BCUT2D eigenvalue weighted by molar-refractivity contribution is -0.118. The first-order chi connectivity index (χ1) is 16.0. The number of hydrogen-bond acceptors (Lipinski definition) is 6. The second kappa shape index (κ2) is 10.8. The van der Waals surface area contributed by atoms with Gasteiger partial charge in [0.25, 0.3) is 0 Å². The number of hydrogen-bond donors (Lipinski definition) is 0. The number of thiazole rings is 1. The van der Waals surface area contributed by atoms with Crippen LogP contribution >= 0.6 is 23.1 Å². The van der Waals surface area contributed by atoms with Crippen molar-refractivity contribution >= 4 is 44.4 Å². The number of aromatic nitrogens is 3. The van der Waals surface area contributed by atoms with Crippen molar-refractivity contribution in [2.24, 2.45) is 0 Å². The predicted octanol–water partition coefficient (Wildman–Crippen LogP) is 5.55. The van der Waals surface area contributed by atoms with E-state index < -0.39 is 0 Å². The Kier molecular flexibility index (Phi) is 7.61. The minimum Gasteiger partial charge on any atom is -0.494 e. The number of ether oxygens (including phenoxy) is 1. The summed E-state index contributed by atoms with van der Waals surface area (Å²) in [6.45, 7) is 3.36. The zero-order valence-electron chi connectivity index (χ0n) is 18.5. The fourth-order valence-corrected chi connectivity index (χ4v) is 5.39. The molecule has 2 aromatic carbocycles. The second-order valence-corrected chi connectivity index (χ2v) is 9.66. The van der Waals surface area contributed by atoms with E-state index in [0.29, 0.717) is 29.6 Å². The summed E-state index contributed by atoms with van der Waals surface area (Å²) in [4.78, 5) is 24.9. The highest BCUT2D eigenvalue weighted by atomic mass is 32.2. The molecule has 9 heteroatoms. The van der Waals surface area contributed by atoms with Gasteiger partial charge in [0.2, 0.25) is 5.91 Å². The molecule has 4 rings (SSSR count). The Morgan fingerprint density at radius 3 is 2.79 bits per heavy atom. The highest BCUT2D eigenvalue weighted by Gasteiger charge is 2.21. The Morgan fingerprint density at radius 1 is 1.24 bits per heavy atom. The van der Waals surface area contributed by atoms with E-state index in [9.17, 15) is 9.18 Å². The molecular weight excluding hydrogens is 459 g/mol. The van der Waals surface area contributed by atoms with Gasteiger partial charge in [-0.3, -0.25) is 9.69 Å². The van der Waals surface area contributed by atoms with Crippen molar-refractivity contribution < 1.29 is 13.9 Å². The van der Waals surface area contributed by atoms with Crippen LogP contribution in [0.3, 0.4) is 0 Å². The lowest BCUT2D eigenvalue weighted by atomic mass is 10.2. The van der Waals surface area contributed by atoms with Crippen LogP contribution in [0.4, 0.5) is 9.52 Å². The minimum absolute atomic E-state index is 0.0194. The van der Waals surface area contributed by atoms with Crippen molar-refractivity contribution in [1.29, 1.82) is 0 Å². The van der Waals surface area contributed by atoms with Gasteiger partial charge in [0.15, 0.2) is 5.13 Å². The Balaban J connectivity index is 1.50. The molecule has 172 valence electrons. The molecule has 1 amide bonds. The fraction of sp³-hybridized carbons (Fsp3) is 0.292. The van der Waals surface area contributed by atoms with E-state index in [2.05, 4.69) is 4.98 Å².